The summed E-state index contributed by atoms with van der Waals surface area (Å²) < 4.78 is 0. The lowest BCUT2D eigenvalue weighted by Crippen LogP contribution is -2.36. The van der Waals surface area contributed by atoms with Gasteiger partial charge in [0.05, 0.1) is 0 Å². The predicted molar refractivity (Wildman–Crippen MR) is 69.6 cm³/mol. The Balaban J connectivity index is 1.73. The van der Waals surface area contributed by atoms with E-state index in [1.807, 2.05) is 0 Å². The topological polar surface area (TPSA) is 15.3 Å². The number of rotatable bonds is 4. The average molecular weight is 224 g/mol. The first kappa shape index (κ1) is 12.4. The van der Waals surface area contributed by atoms with E-state index < -0.39 is 0 Å². The summed E-state index contributed by atoms with van der Waals surface area (Å²) in [6, 6.07) is 0.767. The van der Waals surface area contributed by atoms with Crippen LogP contribution in [0.2, 0.25) is 0 Å². The zero-order valence-corrected chi connectivity index (χ0v) is 11.0. The van der Waals surface area contributed by atoms with Crippen molar-refractivity contribution < 1.29 is 0 Å². The molecule has 1 heterocycles. The third-order valence-electron chi connectivity index (χ3n) is 4.55. The van der Waals surface area contributed by atoms with Crippen LogP contribution in [-0.2, 0) is 0 Å². The highest BCUT2D eigenvalue weighted by molar-refractivity contribution is 4.83. The minimum atomic E-state index is 0.767. The van der Waals surface area contributed by atoms with Crippen molar-refractivity contribution in [3.63, 3.8) is 0 Å². The van der Waals surface area contributed by atoms with Crippen LogP contribution in [0.5, 0.6) is 0 Å². The van der Waals surface area contributed by atoms with Gasteiger partial charge in [-0.2, -0.15) is 0 Å². The van der Waals surface area contributed by atoms with Crippen molar-refractivity contribution in [1.82, 2.24) is 10.2 Å². The summed E-state index contributed by atoms with van der Waals surface area (Å²) in [4.78, 5) is 2.69. The Labute approximate surface area is 101 Å². The molecule has 1 aliphatic heterocycles. The molecule has 0 bridgehead atoms. The molecule has 3 unspecified atom stereocenters. The Hall–Kier alpha value is -0.0800. The highest BCUT2D eigenvalue weighted by Crippen LogP contribution is 2.30. The van der Waals surface area contributed by atoms with Crippen molar-refractivity contribution in [2.24, 2.45) is 11.8 Å². The molecular formula is C14H28N2. The monoisotopic (exact) mass is 224 g/mol. The predicted octanol–water partition coefficient (Wildman–Crippen LogP) is 2.50. The van der Waals surface area contributed by atoms with Crippen molar-refractivity contribution in [3.05, 3.63) is 0 Å². The Morgan fingerprint density at radius 1 is 1.19 bits per heavy atom. The summed E-state index contributed by atoms with van der Waals surface area (Å²) in [7, 11) is 0. The lowest BCUT2D eigenvalue weighted by Gasteiger charge is -2.32. The molecule has 94 valence electrons. The van der Waals surface area contributed by atoms with Crippen molar-refractivity contribution in [3.8, 4) is 0 Å². The van der Waals surface area contributed by atoms with Crippen LogP contribution in [0.25, 0.3) is 0 Å². The Morgan fingerprint density at radius 3 is 2.75 bits per heavy atom. The molecule has 2 nitrogen and oxygen atoms in total. The summed E-state index contributed by atoms with van der Waals surface area (Å²) in [6.07, 6.45) is 7.24. The third kappa shape index (κ3) is 3.21. The van der Waals surface area contributed by atoms with Crippen LogP contribution in [0.4, 0.5) is 0 Å². The minimum absolute atomic E-state index is 0.767. The largest absolute Gasteiger partial charge is 0.313 e. The maximum Gasteiger partial charge on any atom is 0.0207 e. The van der Waals surface area contributed by atoms with E-state index in [1.165, 1.54) is 51.7 Å². The van der Waals surface area contributed by atoms with Gasteiger partial charge in [-0.3, -0.25) is 0 Å². The molecule has 0 aromatic rings. The standard InChI is InChI=1S/C14H28N2/c1-3-15-14-8-9-16(11-14)10-13-7-5-4-6-12(13)2/h12-15H,3-11H2,1-2H3. The highest BCUT2D eigenvalue weighted by atomic mass is 15.2. The fourth-order valence-corrected chi connectivity index (χ4v) is 3.45. The molecule has 2 rings (SSSR count). The second-order valence-corrected chi connectivity index (χ2v) is 5.82. The summed E-state index contributed by atoms with van der Waals surface area (Å²) in [6.45, 7) is 9.77. The fraction of sp³-hybridized carbons (Fsp3) is 1.00. The second-order valence-electron chi connectivity index (χ2n) is 5.82. The van der Waals surface area contributed by atoms with Gasteiger partial charge in [0.1, 0.15) is 0 Å². The number of likely N-dealkylation sites (tertiary alicyclic amines) is 1. The van der Waals surface area contributed by atoms with E-state index in [0.29, 0.717) is 0 Å². The Morgan fingerprint density at radius 2 is 2.00 bits per heavy atom. The lowest BCUT2D eigenvalue weighted by atomic mass is 9.80. The lowest BCUT2D eigenvalue weighted by molar-refractivity contribution is 0.178. The molecule has 1 saturated carbocycles. The van der Waals surface area contributed by atoms with Gasteiger partial charge in [-0.05, 0) is 37.8 Å². The van der Waals surface area contributed by atoms with Crippen molar-refractivity contribution in [1.29, 1.82) is 0 Å². The maximum absolute atomic E-state index is 3.58. The molecular weight excluding hydrogens is 196 g/mol. The number of nitrogens with one attached hydrogen (secondary N) is 1. The van der Waals surface area contributed by atoms with Crippen molar-refractivity contribution in [2.45, 2.75) is 52.0 Å². The summed E-state index contributed by atoms with van der Waals surface area (Å²) in [5.74, 6) is 1.95. The molecule has 2 fully saturated rings. The molecule has 2 heteroatoms. The van der Waals surface area contributed by atoms with Gasteiger partial charge in [0, 0.05) is 19.1 Å². The second kappa shape index (κ2) is 6.02. The first-order valence-electron chi connectivity index (χ1n) is 7.25. The van der Waals surface area contributed by atoms with Crippen molar-refractivity contribution in [2.75, 3.05) is 26.2 Å². The van der Waals surface area contributed by atoms with Gasteiger partial charge >= 0.3 is 0 Å². The van der Waals surface area contributed by atoms with Crippen LogP contribution >= 0.6 is 0 Å². The van der Waals surface area contributed by atoms with E-state index in [4.69, 9.17) is 0 Å². The van der Waals surface area contributed by atoms with Gasteiger partial charge in [0.15, 0.2) is 0 Å². The van der Waals surface area contributed by atoms with Gasteiger partial charge < -0.3 is 10.2 Å². The number of nitrogens with zero attached hydrogens (tertiary/aromatic N) is 1. The molecule has 16 heavy (non-hydrogen) atoms. The zero-order valence-electron chi connectivity index (χ0n) is 11.0. The molecule has 1 N–H and O–H groups in total. The van der Waals surface area contributed by atoms with E-state index in [0.717, 1.165) is 24.4 Å². The van der Waals surface area contributed by atoms with Gasteiger partial charge in [0.25, 0.3) is 0 Å². The normalized spacial score (nSPS) is 36.8. The summed E-state index contributed by atoms with van der Waals surface area (Å²) in [5.41, 5.74) is 0. The molecule has 3 atom stereocenters. The molecule has 0 spiro atoms. The SMILES string of the molecule is CCNC1CCN(CC2CCCCC2C)C1. The minimum Gasteiger partial charge on any atom is -0.313 e. The number of likely N-dealkylation sites (N-methyl/N-ethyl adjacent to an activating group) is 1. The van der Waals surface area contributed by atoms with Crippen molar-refractivity contribution >= 4 is 0 Å². The molecule has 2 aliphatic rings. The molecule has 0 aromatic heterocycles. The molecule has 1 aliphatic carbocycles. The summed E-state index contributed by atoms with van der Waals surface area (Å²) >= 11 is 0. The first-order valence-corrected chi connectivity index (χ1v) is 7.25. The molecule has 0 radical (unpaired) electrons. The Kier molecular flexibility index (Phi) is 4.66. The van der Waals surface area contributed by atoms with Crippen LogP contribution in [0.3, 0.4) is 0 Å². The van der Waals surface area contributed by atoms with Gasteiger partial charge in [-0.1, -0.05) is 33.1 Å². The van der Waals surface area contributed by atoms with Crippen LogP contribution in [-0.4, -0.2) is 37.1 Å². The average Bonchev–Trinajstić information content (AvgIpc) is 2.70. The van der Waals surface area contributed by atoms with Gasteiger partial charge in [-0.25, -0.2) is 0 Å². The Bertz CT molecular complexity index is 205. The van der Waals surface area contributed by atoms with E-state index in [9.17, 15) is 0 Å². The van der Waals surface area contributed by atoms with Crippen LogP contribution in [0.15, 0.2) is 0 Å². The smallest absolute Gasteiger partial charge is 0.0207 e. The summed E-state index contributed by atoms with van der Waals surface area (Å²) in [5, 5.41) is 3.58. The quantitative estimate of drug-likeness (QED) is 0.789. The number of hydrogen-bond acceptors (Lipinski definition) is 2. The van der Waals surface area contributed by atoms with Crippen LogP contribution in [0, 0.1) is 11.8 Å². The third-order valence-corrected chi connectivity index (χ3v) is 4.55. The van der Waals surface area contributed by atoms with E-state index in [1.54, 1.807) is 0 Å². The van der Waals surface area contributed by atoms with Crippen LogP contribution in [0.1, 0.15) is 46.0 Å². The molecule has 1 saturated heterocycles. The van der Waals surface area contributed by atoms with E-state index >= 15 is 0 Å². The highest BCUT2D eigenvalue weighted by Gasteiger charge is 2.27. The van der Waals surface area contributed by atoms with Gasteiger partial charge in [-0.15, -0.1) is 0 Å². The molecule has 0 amide bonds. The fourth-order valence-electron chi connectivity index (χ4n) is 3.45. The van der Waals surface area contributed by atoms with Crippen LogP contribution < -0.4 is 5.32 Å². The van der Waals surface area contributed by atoms with E-state index in [-0.39, 0.29) is 0 Å². The zero-order chi connectivity index (χ0) is 11.4. The first-order chi connectivity index (χ1) is 7.79. The van der Waals surface area contributed by atoms with E-state index in [2.05, 4.69) is 24.1 Å². The number of hydrogen-bond donors (Lipinski definition) is 1. The van der Waals surface area contributed by atoms with Gasteiger partial charge in [0.2, 0.25) is 0 Å². The maximum atomic E-state index is 3.58. The molecule has 0 aromatic carbocycles.